The number of aromatic nitrogens is 1. The quantitative estimate of drug-likeness (QED) is 0.653. The molecule has 23 heavy (non-hydrogen) atoms. The van der Waals surface area contributed by atoms with Crippen molar-refractivity contribution < 1.29 is 14.3 Å². The van der Waals surface area contributed by atoms with Gasteiger partial charge in [-0.25, -0.2) is 4.98 Å². The number of para-hydroxylation sites is 1. The Labute approximate surface area is 139 Å². The lowest BCUT2D eigenvalue weighted by atomic mass is 10.2. The number of thioether (sulfide) groups is 1. The molecule has 4 nitrogen and oxygen atoms in total. The largest absolute Gasteiger partial charge is 0.508 e. The summed E-state index contributed by atoms with van der Waals surface area (Å²) in [7, 11) is 0. The first-order chi connectivity index (χ1) is 11.3. The molecule has 0 saturated heterocycles. The molecule has 0 fully saturated rings. The fraction of sp³-hybridized carbons (Fsp3) is 0.167. The van der Waals surface area contributed by atoms with Gasteiger partial charge in [-0.3, -0.25) is 0 Å². The van der Waals surface area contributed by atoms with Gasteiger partial charge in [-0.15, -0.1) is 11.8 Å². The fourth-order valence-electron chi connectivity index (χ4n) is 2.04. The van der Waals surface area contributed by atoms with Gasteiger partial charge in [-0.1, -0.05) is 18.2 Å². The van der Waals surface area contributed by atoms with Gasteiger partial charge >= 0.3 is 0 Å². The number of phenols is 1. The summed E-state index contributed by atoms with van der Waals surface area (Å²) in [4.78, 5) is 4.46. The number of nitrogens with zero attached hydrogens (tertiary/aromatic N) is 1. The molecular formula is C18H17NO3S. The van der Waals surface area contributed by atoms with E-state index in [4.69, 9.17) is 9.15 Å². The van der Waals surface area contributed by atoms with E-state index >= 15 is 0 Å². The molecule has 0 aliphatic heterocycles. The monoisotopic (exact) mass is 327 g/mol. The van der Waals surface area contributed by atoms with E-state index in [0.29, 0.717) is 18.3 Å². The van der Waals surface area contributed by atoms with Gasteiger partial charge in [0.05, 0.1) is 12.4 Å². The third kappa shape index (κ3) is 4.53. The average Bonchev–Trinajstić information content (AvgIpc) is 3.05. The molecule has 0 aliphatic rings. The first-order valence-electron chi connectivity index (χ1n) is 7.31. The first kappa shape index (κ1) is 15.5. The maximum absolute atomic E-state index is 9.30. The van der Waals surface area contributed by atoms with Crippen LogP contribution in [-0.4, -0.2) is 22.5 Å². The van der Waals surface area contributed by atoms with Gasteiger partial charge < -0.3 is 14.3 Å². The molecule has 0 amide bonds. The minimum Gasteiger partial charge on any atom is -0.508 e. The van der Waals surface area contributed by atoms with E-state index in [1.807, 2.05) is 42.5 Å². The maximum atomic E-state index is 9.30. The van der Waals surface area contributed by atoms with Crippen LogP contribution < -0.4 is 4.74 Å². The molecule has 0 bridgehead atoms. The molecule has 0 aliphatic carbocycles. The van der Waals surface area contributed by atoms with Crippen LogP contribution >= 0.6 is 11.8 Å². The molecule has 1 aromatic heterocycles. The van der Waals surface area contributed by atoms with Crippen LogP contribution in [-0.2, 0) is 5.75 Å². The van der Waals surface area contributed by atoms with E-state index in [-0.39, 0.29) is 5.75 Å². The number of rotatable bonds is 7. The van der Waals surface area contributed by atoms with Crippen molar-refractivity contribution in [2.24, 2.45) is 0 Å². The lowest BCUT2D eigenvalue weighted by Gasteiger charge is -2.04. The number of oxazole rings is 1. The Morgan fingerprint density at radius 1 is 1.04 bits per heavy atom. The second kappa shape index (κ2) is 7.74. The van der Waals surface area contributed by atoms with Gasteiger partial charge in [-0.05, 0) is 36.4 Å². The van der Waals surface area contributed by atoms with Crippen LogP contribution in [0.25, 0.3) is 11.3 Å². The molecule has 3 rings (SSSR count). The minimum absolute atomic E-state index is 0.242. The highest BCUT2D eigenvalue weighted by atomic mass is 32.2. The number of ether oxygens (including phenoxy) is 1. The van der Waals surface area contributed by atoms with Crippen molar-refractivity contribution in [3.05, 3.63) is 66.8 Å². The van der Waals surface area contributed by atoms with Gasteiger partial charge in [0, 0.05) is 11.3 Å². The number of aromatic hydroxyl groups is 1. The number of hydrogen-bond acceptors (Lipinski definition) is 5. The molecule has 3 aromatic rings. The summed E-state index contributed by atoms with van der Waals surface area (Å²) in [5.74, 6) is 3.39. The zero-order valence-electron chi connectivity index (χ0n) is 12.5. The van der Waals surface area contributed by atoms with Crippen molar-refractivity contribution in [2.75, 3.05) is 12.4 Å². The summed E-state index contributed by atoms with van der Waals surface area (Å²) >= 11 is 1.72. The summed E-state index contributed by atoms with van der Waals surface area (Å²) in [6.07, 6.45) is 1.64. The number of benzene rings is 2. The van der Waals surface area contributed by atoms with E-state index in [1.165, 1.54) is 0 Å². The summed E-state index contributed by atoms with van der Waals surface area (Å²) in [5, 5.41) is 9.30. The van der Waals surface area contributed by atoms with E-state index in [9.17, 15) is 5.11 Å². The SMILES string of the molecule is Oc1ccc(-c2coc(CSCCOc3ccccc3)n2)cc1. The number of phenolic OH excluding ortho intramolecular Hbond substituents is 1. The van der Waals surface area contributed by atoms with Crippen molar-refractivity contribution in [1.82, 2.24) is 4.98 Å². The number of hydrogen-bond donors (Lipinski definition) is 1. The van der Waals surface area contributed by atoms with Gasteiger partial charge in [0.15, 0.2) is 0 Å². The molecule has 0 radical (unpaired) electrons. The molecule has 118 valence electrons. The van der Waals surface area contributed by atoms with Crippen LogP contribution in [0.4, 0.5) is 0 Å². The van der Waals surface area contributed by atoms with E-state index in [1.54, 1.807) is 30.2 Å². The van der Waals surface area contributed by atoms with Gasteiger partial charge in [0.2, 0.25) is 5.89 Å². The Bertz CT molecular complexity index is 726. The van der Waals surface area contributed by atoms with Gasteiger partial charge in [0.1, 0.15) is 23.5 Å². The second-order valence-corrected chi connectivity index (χ2v) is 5.99. The third-order valence-electron chi connectivity index (χ3n) is 3.18. The third-order valence-corrected chi connectivity index (χ3v) is 4.09. The lowest BCUT2D eigenvalue weighted by Crippen LogP contribution is -2.00. The average molecular weight is 327 g/mol. The molecule has 2 aromatic carbocycles. The van der Waals surface area contributed by atoms with Crippen molar-refractivity contribution in [2.45, 2.75) is 5.75 Å². The van der Waals surface area contributed by atoms with E-state index in [2.05, 4.69) is 4.98 Å². The molecule has 5 heteroatoms. The summed E-state index contributed by atoms with van der Waals surface area (Å²) < 4.78 is 11.1. The van der Waals surface area contributed by atoms with E-state index < -0.39 is 0 Å². The standard InChI is InChI=1S/C18H17NO3S/c20-15-8-6-14(7-9-15)17-12-22-18(19-17)13-23-11-10-21-16-4-2-1-3-5-16/h1-9,12,20H,10-11,13H2. The second-order valence-electron chi connectivity index (χ2n) is 4.89. The van der Waals surface area contributed by atoms with Crippen LogP contribution in [0.3, 0.4) is 0 Å². The molecular weight excluding hydrogens is 310 g/mol. The summed E-state index contributed by atoms with van der Waals surface area (Å²) in [5.41, 5.74) is 1.70. The highest BCUT2D eigenvalue weighted by molar-refractivity contribution is 7.98. The normalized spacial score (nSPS) is 10.6. The fourth-order valence-corrected chi connectivity index (χ4v) is 2.69. The Morgan fingerprint density at radius 2 is 1.83 bits per heavy atom. The van der Waals surface area contributed by atoms with Crippen molar-refractivity contribution in [1.29, 1.82) is 0 Å². The molecule has 0 unspecified atom stereocenters. The predicted octanol–water partition coefficient (Wildman–Crippen LogP) is 4.36. The Kier molecular flexibility index (Phi) is 5.21. The van der Waals surface area contributed by atoms with Gasteiger partial charge in [-0.2, -0.15) is 0 Å². The summed E-state index contributed by atoms with van der Waals surface area (Å²) in [6, 6.07) is 16.7. The Balaban J connectivity index is 1.43. The van der Waals surface area contributed by atoms with Crippen LogP contribution in [0.1, 0.15) is 5.89 Å². The lowest BCUT2D eigenvalue weighted by molar-refractivity contribution is 0.344. The minimum atomic E-state index is 0.242. The first-order valence-corrected chi connectivity index (χ1v) is 8.46. The molecule has 0 atom stereocenters. The Hall–Kier alpha value is -2.40. The van der Waals surface area contributed by atoms with Crippen LogP contribution in [0, 0.1) is 0 Å². The molecule has 0 saturated carbocycles. The summed E-state index contributed by atoms with van der Waals surface area (Å²) in [6.45, 7) is 0.653. The van der Waals surface area contributed by atoms with Crippen LogP contribution in [0.2, 0.25) is 0 Å². The topological polar surface area (TPSA) is 55.5 Å². The van der Waals surface area contributed by atoms with Crippen molar-refractivity contribution >= 4 is 11.8 Å². The van der Waals surface area contributed by atoms with Crippen molar-refractivity contribution in [3.63, 3.8) is 0 Å². The van der Waals surface area contributed by atoms with Crippen LogP contribution in [0.5, 0.6) is 11.5 Å². The highest BCUT2D eigenvalue weighted by Crippen LogP contribution is 2.22. The van der Waals surface area contributed by atoms with Crippen LogP contribution in [0.15, 0.2) is 65.3 Å². The molecule has 1 N–H and O–H groups in total. The Morgan fingerprint density at radius 3 is 2.61 bits per heavy atom. The zero-order valence-corrected chi connectivity index (χ0v) is 13.3. The predicted molar refractivity (Wildman–Crippen MR) is 91.7 cm³/mol. The van der Waals surface area contributed by atoms with Crippen molar-refractivity contribution in [3.8, 4) is 22.8 Å². The zero-order chi connectivity index (χ0) is 15.9. The highest BCUT2D eigenvalue weighted by Gasteiger charge is 2.06. The maximum Gasteiger partial charge on any atom is 0.204 e. The van der Waals surface area contributed by atoms with E-state index in [0.717, 1.165) is 22.8 Å². The van der Waals surface area contributed by atoms with Gasteiger partial charge in [0.25, 0.3) is 0 Å². The smallest absolute Gasteiger partial charge is 0.204 e. The molecule has 1 heterocycles. The molecule has 0 spiro atoms.